The third-order valence-electron chi connectivity index (χ3n) is 2.01. The van der Waals surface area contributed by atoms with Crippen molar-refractivity contribution in [1.29, 1.82) is 0 Å². The summed E-state index contributed by atoms with van der Waals surface area (Å²) >= 11 is 0. The molecule has 1 aromatic rings. The number of aliphatic hydroxyl groups excluding tert-OH is 1. The van der Waals surface area contributed by atoms with Crippen LogP contribution in [0.3, 0.4) is 0 Å². The lowest BCUT2D eigenvalue weighted by molar-refractivity contribution is -0.162. The van der Waals surface area contributed by atoms with Gasteiger partial charge in [-0.3, -0.25) is 4.98 Å². The summed E-state index contributed by atoms with van der Waals surface area (Å²) in [4.78, 5) is 14.2. The quantitative estimate of drug-likeness (QED) is 0.620. The average molecular weight is 197 g/mol. The van der Waals surface area contributed by atoms with Gasteiger partial charge in [0.2, 0.25) is 0 Å². The number of aliphatic hydroxyl groups is 2. The van der Waals surface area contributed by atoms with E-state index in [9.17, 15) is 15.0 Å². The van der Waals surface area contributed by atoms with Crippen LogP contribution >= 0.6 is 0 Å². The molecule has 0 aliphatic rings. The molecule has 5 heteroatoms. The summed E-state index contributed by atoms with van der Waals surface area (Å²) in [5.41, 5.74) is -1.57. The Morgan fingerprint density at radius 3 is 2.71 bits per heavy atom. The first-order valence-electron chi connectivity index (χ1n) is 4.00. The van der Waals surface area contributed by atoms with Crippen LogP contribution in [-0.2, 0) is 10.4 Å². The zero-order valence-corrected chi connectivity index (χ0v) is 7.58. The molecule has 0 saturated carbocycles. The molecule has 3 N–H and O–H groups in total. The number of aromatic nitrogens is 1. The van der Waals surface area contributed by atoms with E-state index in [0.717, 1.165) is 0 Å². The predicted molar refractivity (Wildman–Crippen MR) is 47.5 cm³/mol. The van der Waals surface area contributed by atoms with Gasteiger partial charge in [-0.15, -0.1) is 0 Å². The molecule has 2 atom stereocenters. The highest BCUT2D eigenvalue weighted by atomic mass is 16.4. The molecule has 0 unspecified atom stereocenters. The van der Waals surface area contributed by atoms with Gasteiger partial charge >= 0.3 is 5.97 Å². The maximum Gasteiger partial charge on any atom is 0.335 e. The molecule has 1 rings (SSSR count). The largest absolute Gasteiger partial charge is 0.479 e. The first-order chi connectivity index (χ1) is 6.46. The van der Waals surface area contributed by atoms with Crippen molar-refractivity contribution in [3.05, 3.63) is 30.1 Å². The van der Waals surface area contributed by atoms with E-state index in [-0.39, 0.29) is 5.56 Å². The molecule has 0 radical (unpaired) electrons. The fourth-order valence-corrected chi connectivity index (χ4v) is 1.06. The summed E-state index contributed by atoms with van der Waals surface area (Å²) in [5.74, 6) is -1.47. The van der Waals surface area contributed by atoms with Crippen molar-refractivity contribution in [2.75, 3.05) is 0 Å². The Morgan fingerprint density at radius 2 is 2.29 bits per heavy atom. The molecule has 1 aromatic heterocycles. The Balaban J connectivity index is 3.02. The van der Waals surface area contributed by atoms with Gasteiger partial charge in [-0.2, -0.15) is 0 Å². The second kappa shape index (κ2) is 3.73. The lowest BCUT2D eigenvalue weighted by Crippen LogP contribution is -2.42. The summed E-state index contributed by atoms with van der Waals surface area (Å²) in [6.45, 7) is 1.23. The van der Waals surface area contributed by atoms with Crippen molar-refractivity contribution in [1.82, 2.24) is 4.98 Å². The van der Waals surface area contributed by atoms with Gasteiger partial charge in [0, 0.05) is 18.0 Å². The maximum absolute atomic E-state index is 10.5. The van der Waals surface area contributed by atoms with Crippen molar-refractivity contribution >= 4 is 5.97 Å². The average Bonchev–Trinajstić information content (AvgIpc) is 2.18. The van der Waals surface area contributed by atoms with Gasteiger partial charge in [0.1, 0.15) is 5.60 Å². The molecule has 0 spiro atoms. The Labute approximate surface area is 80.7 Å². The molecule has 1 heterocycles. The van der Waals surface area contributed by atoms with E-state index in [1.54, 1.807) is 6.07 Å². The van der Waals surface area contributed by atoms with Gasteiger partial charge in [0.25, 0.3) is 0 Å². The molecule has 76 valence electrons. The number of nitrogens with zero attached hydrogens (tertiary/aromatic N) is 1. The monoisotopic (exact) mass is 197 g/mol. The summed E-state index contributed by atoms with van der Waals surface area (Å²) in [7, 11) is 0. The van der Waals surface area contributed by atoms with Crippen LogP contribution in [0.1, 0.15) is 12.5 Å². The summed E-state index contributed by atoms with van der Waals surface area (Å²) in [5, 5.41) is 27.5. The summed E-state index contributed by atoms with van der Waals surface area (Å²) in [6.07, 6.45) is 0.936. The van der Waals surface area contributed by atoms with Gasteiger partial charge in [0.05, 0.1) is 0 Å². The molecule has 0 aromatic carbocycles. The van der Waals surface area contributed by atoms with Crippen molar-refractivity contribution in [2.45, 2.75) is 18.6 Å². The topological polar surface area (TPSA) is 90.7 Å². The molecule has 0 amide bonds. The van der Waals surface area contributed by atoms with Crippen LogP contribution in [0.5, 0.6) is 0 Å². The summed E-state index contributed by atoms with van der Waals surface area (Å²) in [6, 6.07) is 3.05. The molecule has 0 bridgehead atoms. The normalized spacial score (nSPS) is 17.1. The number of hydrogen-bond acceptors (Lipinski definition) is 4. The fourth-order valence-electron chi connectivity index (χ4n) is 1.06. The van der Waals surface area contributed by atoms with Crippen molar-refractivity contribution in [3.8, 4) is 0 Å². The third kappa shape index (κ3) is 1.89. The Morgan fingerprint density at radius 1 is 1.64 bits per heavy atom. The fraction of sp³-hybridized carbons (Fsp3) is 0.333. The van der Waals surface area contributed by atoms with Gasteiger partial charge < -0.3 is 15.3 Å². The zero-order chi connectivity index (χ0) is 10.8. The number of aliphatic carboxylic acids is 1. The van der Waals surface area contributed by atoms with Crippen LogP contribution in [0, 0.1) is 0 Å². The number of carboxylic acids is 1. The van der Waals surface area contributed by atoms with Gasteiger partial charge in [-0.1, -0.05) is 6.07 Å². The highest BCUT2D eigenvalue weighted by Crippen LogP contribution is 2.23. The molecule has 0 aliphatic carbocycles. The number of carbonyl (C=O) groups is 1. The minimum atomic E-state index is -1.87. The third-order valence-corrected chi connectivity index (χ3v) is 2.01. The summed E-state index contributed by atoms with van der Waals surface area (Å²) < 4.78 is 0. The number of carboxylic acid groups (broad SMARTS) is 1. The smallest absolute Gasteiger partial charge is 0.335 e. The molecular formula is C9H11NO4. The van der Waals surface area contributed by atoms with Crippen LogP contribution in [0.15, 0.2) is 24.5 Å². The lowest BCUT2D eigenvalue weighted by Gasteiger charge is -2.26. The van der Waals surface area contributed by atoms with E-state index in [1.807, 2.05) is 0 Å². The second-order valence-electron chi connectivity index (χ2n) is 3.13. The zero-order valence-electron chi connectivity index (χ0n) is 7.58. The van der Waals surface area contributed by atoms with E-state index in [0.29, 0.717) is 0 Å². The number of hydrogen-bond donors (Lipinski definition) is 3. The van der Waals surface area contributed by atoms with Gasteiger partial charge in [0.15, 0.2) is 6.10 Å². The van der Waals surface area contributed by atoms with Crippen LogP contribution in [0.2, 0.25) is 0 Å². The van der Waals surface area contributed by atoms with E-state index < -0.39 is 17.7 Å². The van der Waals surface area contributed by atoms with Crippen molar-refractivity contribution in [2.24, 2.45) is 0 Å². The SMILES string of the molecule is C[C@@](O)(c1cccnc1)[C@@H](O)C(=O)O. The maximum atomic E-state index is 10.5. The van der Waals surface area contributed by atoms with Crippen LogP contribution in [0.4, 0.5) is 0 Å². The Hall–Kier alpha value is -1.46. The first-order valence-corrected chi connectivity index (χ1v) is 4.00. The van der Waals surface area contributed by atoms with Crippen molar-refractivity contribution in [3.63, 3.8) is 0 Å². The molecule has 14 heavy (non-hydrogen) atoms. The molecular weight excluding hydrogens is 186 g/mol. The minimum absolute atomic E-state index is 0.259. The van der Waals surface area contributed by atoms with E-state index in [2.05, 4.69) is 4.98 Å². The van der Waals surface area contributed by atoms with Crippen LogP contribution in [0.25, 0.3) is 0 Å². The van der Waals surface area contributed by atoms with Crippen molar-refractivity contribution < 1.29 is 20.1 Å². The van der Waals surface area contributed by atoms with E-state index >= 15 is 0 Å². The van der Waals surface area contributed by atoms with Gasteiger partial charge in [-0.05, 0) is 13.0 Å². The highest BCUT2D eigenvalue weighted by molar-refractivity contribution is 5.73. The lowest BCUT2D eigenvalue weighted by atomic mass is 9.91. The molecule has 5 nitrogen and oxygen atoms in total. The predicted octanol–water partition coefficient (Wildman–Crippen LogP) is -0.265. The second-order valence-corrected chi connectivity index (χ2v) is 3.13. The molecule has 0 fully saturated rings. The van der Waals surface area contributed by atoms with Crippen LogP contribution in [-0.4, -0.2) is 32.4 Å². The van der Waals surface area contributed by atoms with E-state index in [4.69, 9.17) is 5.11 Å². The standard InChI is InChI=1S/C9H11NO4/c1-9(14,7(11)8(12)13)6-3-2-4-10-5-6/h2-5,7,11,14H,1H3,(H,12,13)/t7-,9+/m0/s1. The Bertz CT molecular complexity index is 323. The molecule has 0 saturated heterocycles. The molecule has 0 aliphatic heterocycles. The Kier molecular flexibility index (Phi) is 2.83. The number of rotatable bonds is 3. The highest BCUT2D eigenvalue weighted by Gasteiger charge is 2.37. The minimum Gasteiger partial charge on any atom is -0.479 e. The van der Waals surface area contributed by atoms with Crippen LogP contribution < -0.4 is 0 Å². The van der Waals surface area contributed by atoms with E-state index in [1.165, 1.54) is 25.4 Å². The first kappa shape index (κ1) is 10.6. The van der Waals surface area contributed by atoms with Gasteiger partial charge in [-0.25, -0.2) is 4.79 Å². The number of pyridine rings is 1.